The van der Waals surface area contributed by atoms with Crippen LogP contribution in [0.5, 0.6) is 5.75 Å². The van der Waals surface area contributed by atoms with Crippen LogP contribution < -0.4 is 20.7 Å². The van der Waals surface area contributed by atoms with Gasteiger partial charge in [0.2, 0.25) is 11.5 Å². The number of piperidine rings is 1. The molecule has 3 rings (SSSR count). The Kier molecular flexibility index (Phi) is 4.60. The fraction of sp³-hybridized carbons (Fsp3) is 0.353. The molecule has 1 aliphatic heterocycles. The number of carbonyl (C=O) groups is 1. The van der Waals surface area contributed by atoms with Crippen molar-refractivity contribution in [3.05, 3.63) is 36.4 Å². The second-order valence-corrected chi connectivity index (χ2v) is 5.92. The van der Waals surface area contributed by atoms with Crippen molar-refractivity contribution < 1.29 is 14.6 Å². The van der Waals surface area contributed by atoms with Gasteiger partial charge in [0, 0.05) is 39.0 Å². The number of ether oxygens (including phenoxy) is 1. The van der Waals surface area contributed by atoms with Crippen molar-refractivity contribution >= 4 is 23.6 Å². The van der Waals surface area contributed by atoms with Gasteiger partial charge in [0.05, 0.1) is 0 Å². The molecule has 0 saturated carbocycles. The summed E-state index contributed by atoms with van der Waals surface area (Å²) in [6, 6.07) is 10.8. The highest BCUT2D eigenvalue weighted by Crippen LogP contribution is 2.31. The van der Waals surface area contributed by atoms with Crippen molar-refractivity contribution in [2.45, 2.75) is 18.4 Å². The minimum absolute atomic E-state index is 0.178. The number of carboxylic acids is 1. The van der Waals surface area contributed by atoms with E-state index in [0.717, 1.165) is 0 Å². The van der Waals surface area contributed by atoms with Crippen LogP contribution in [-0.4, -0.2) is 46.8 Å². The highest BCUT2D eigenvalue weighted by molar-refractivity contribution is 5.78. The molecule has 0 unspecified atom stereocenters. The summed E-state index contributed by atoms with van der Waals surface area (Å²) in [7, 11) is 1.75. The molecular formula is C17H21N5O3. The summed E-state index contributed by atoms with van der Waals surface area (Å²) in [5.74, 6) is 1.09. The van der Waals surface area contributed by atoms with E-state index < -0.39 is 11.6 Å². The van der Waals surface area contributed by atoms with Gasteiger partial charge >= 0.3 is 5.97 Å². The van der Waals surface area contributed by atoms with Crippen LogP contribution in [0.15, 0.2) is 36.4 Å². The van der Waals surface area contributed by atoms with Crippen LogP contribution in [0.1, 0.15) is 12.8 Å². The molecule has 0 aliphatic carbocycles. The van der Waals surface area contributed by atoms with Crippen molar-refractivity contribution in [3.8, 4) is 5.75 Å². The van der Waals surface area contributed by atoms with E-state index in [1.807, 2.05) is 23.1 Å². The number of carboxylic acid groups (broad SMARTS) is 1. The number of hydrogen-bond acceptors (Lipinski definition) is 7. The van der Waals surface area contributed by atoms with Gasteiger partial charge in [-0.2, -0.15) is 9.97 Å². The maximum absolute atomic E-state index is 11.9. The summed E-state index contributed by atoms with van der Waals surface area (Å²) in [5.41, 5.74) is 4.50. The van der Waals surface area contributed by atoms with Crippen LogP contribution in [0.2, 0.25) is 0 Å². The lowest BCUT2D eigenvalue weighted by Crippen LogP contribution is -2.53. The molecule has 0 amide bonds. The Hall–Kier alpha value is -3.03. The van der Waals surface area contributed by atoms with Crippen molar-refractivity contribution in [2.75, 3.05) is 36.1 Å². The van der Waals surface area contributed by atoms with Gasteiger partial charge < -0.3 is 25.8 Å². The van der Waals surface area contributed by atoms with Gasteiger partial charge in [0.15, 0.2) is 0 Å². The Morgan fingerprint density at radius 1 is 1.28 bits per heavy atom. The standard InChI is InChI=1S/C17H21N5O3/c1-19-13-11-14(21-16(18)20-13)22-9-7-17(8-10-22,15(23)24)25-12-5-3-2-4-6-12/h2-6,11H,7-10H2,1H3,(H,23,24)(H3,18,19,20,21). The largest absolute Gasteiger partial charge is 0.478 e. The number of nitrogen functional groups attached to an aromatic ring is 1. The molecule has 2 aromatic rings. The Balaban J connectivity index is 1.76. The smallest absolute Gasteiger partial charge is 0.348 e. The van der Waals surface area contributed by atoms with E-state index in [2.05, 4.69) is 15.3 Å². The third-order valence-corrected chi connectivity index (χ3v) is 4.33. The summed E-state index contributed by atoms with van der Waals surface area (Å²) in [6.07, 6.45) is 0.687. The lowest BCUT2D eigenvalue weighted by molar-refractivity contribution is -0.157. The molecule has 1 saturated heterocycles. The summed E-state index contributed by atoms with van der Waals surface area (Å²) in [5, 5.41) is 12.7. The number of aromatic nitrogens is 2. The predicted octanol–water partition coefficient (Wildman–Crippen LogP) is 1.60. The molecule has 25 heavy (non-hydrogen) atoms. The lowest BCUT2D eigenvalue weighted by Gasteiger charge is -2.39. The number of para-hydroxylation sites is 1. The zero-order valence-corrected chi connectivity index (χ0v) is 14.0. The molecule has 1 aliphatic rings. The number of anilines is 3. The summed E-state index contributed by atoms with van der Waals surface area (Å²) >= 11 is 0. The average molecular weight is 343 g/mol. The van der Waals surface area contributed by atoms with E-state index in [-0.39, 0.29) is 5.95 Å². The zero-order chi connectivity index (χ0) is 17.9. The third kappa shape index (κ3) is 3.57. The number of aliphatic carboxylic acids is 1. The molecule has 4 N–H and O–H groups in total. The maximum atomic E-state index is 11.9. The van der Waals surface area contributed by atoms with Crippen LogP contribution >= 0.6 is 0 Å². The van der Waals surface area contributed by atoms with Crippen LogP contribution in [0.3, 0.4) is 0 Å². The molecule has 0 spiro atoms. The number of nitrogens with one attached hydrogen (secondary N) is 1. The van der Waals surface area contributed by atoms with Gasteiger partial charge in [-0.25, -0.2) is 4.79 Å². The molecular weight excluding hydrogens is 322 g/mol. The molecule has 8 heteroatoms. The highest BCUT2D eigenvalue weighted by atomic mass is 16.5. The summed E-state index contributed by atoms with van der Waals surface area (Å²) < 4.78 is 5.86. The molecule has 132 valence electrons. The van der Waals surface area contributed by atoms with Gasteiger partial charge in [-0.1, -0.05) is 18.2 Å². The van der Waals surface area contributed by atoms with Crippen LogP contribution in [0.25, 0.3) is 0 Å². The molecule has 0 bridgehead atoms. The summed E-state index contributed by atoms with van der Waals surface area (Å²) in [6.45, 7) is 0.998. The Labute approximate surface area is 145 Å². The molecule has 1 aromatic carbocycles. The predicted molar refractivity (Wildman–Crippen MR) is 94.9 cm³/mol. The Morgan fingerprint density at radius 2 is 1.96 bits per heavy atom. The van der Waals surface area contributed by atoms with Gasteiger partial charge in [-0.05, 0) is 12.1 Å². The first-order valence-corrected chi connectivity index (χ1v) is 8.07. The number of nitrogens with two attached hydrogens (primary N) is 1. The van der Waals surface area contributed by atoms with Gasteiger partial charge in [-0.3, -0.25) is 0 Å². The normalized spacial score (nSPS) is 16.3. The molecule has 2 heterocycles. The number of hydrogen-bond donors (Lipinski definition) is 3. The van der Waals surface area contributed by atoms with Crippen molar-refractivity contribution in [3.63, 3.8) is 0 Å². The van der Waals surface area contributed by atoms with E-state index in [9.17, 15) is 9.90 Å². The fourth-order valence-electron chi connectivity index (χ4n) is 2.91. The summed E-state index contributed by atoms with van der Waals surface area (Å²) in [4.78, 5) is 22.2. The van der Waals surface area contributed by atoms with Gasteiger partial charge in [0.25, 0.3) is 0 Å². The van der Waals surface area contributed by atoms with E-state index in [1.54, 1.807) is 25.2 Å². The van der Waals surface area contributed by atoms with Crippen LogP contribution in [-0.2, 0) is 4.79 Å². The Morgan fingerprint density at radius 3 is 2.56 bits per heavy atom. The van der Waals surface area contributed by atoms with E-state index >= 15 is 0 Å². The number of benzene rings is 1. The zero-order valence-electron chi connectivity index (χ0n) is 14.0. The molecule has 8 nitrogen and oxygen atoms in total. The minimum Gasteiger partial charge on any atom is -0.478 e. The average Bonchev–Trinajstić information content (AvgIpc) is 2.62. The second-order valence-electron chi connectivity index (χ2n) is 5.92. The van der Waals surface area contributed by atoms with Gasteiger partial charge in [-0.15, -0.1) is 0 Å². The van der Waals surface area contributed by atoms with Crippen molar-refractivity contribution in [2.24, 2.45) is 0 Å². The first-order chi connectivity index (χ1) is 12.0. The fourth-order valence-corrected chi connectivity index (χ4v) is 2.91. The minimum atomic E-state index is -1.23. The van der Waals surface area contributed by atoms with E-state index in [4.69, 9.17) is 10.5 Å². The van der Waals surface area contributed by atoms with Gasteiger partial charge in [0.1, 0.15) is 17.4 Å². The van der Waals surface area contributed by atoms with Crippen LogP contribution in [0, 0.1) is 0 Å². The first-order valence-electron chi connectivity index (χ1n) is 8.07. The van der Waals surface area contributed by atoms with Crippen molar-refractivity contribution in [1.82, 2.24) is 9.97 Å². The topological polar surface area (TPSA) is 114 Å². The SMILES string of the molecule is CNc1cc(N2CCC(Oc3ccccc3)(C(=O)O)CC2)nc(N)n1. The van der Waals surface area contributed by atoms with Crippen LogP contribution in [0.4, 0.5) is 17.6 Å². The third-order valence-electron chi connectivity index (χ3n) is 4.33. The maximum Gasteiger partial charge on any atom is 0.348 e. The quantitative estimate of drug-likeness (QED) is 0.750. The first kappa shape index (κ1) is 16.8. The molecule has 1 aromatic heterocycles. The Bertz CT molecular complexity index is 745. The monoisotopic (exact) mass is 343 g/mol. The molecule has 0 atom stereocenters. The number of nitrogens with zero attached hydrogens (tertiary/aromatic N) is 3. The molecule has 1 fully saturated rings. The van der Waals surface area contributed by atoms with E-state index in [1.165, 1.54) is 0 Å². The number of rotatable bonds is 5. The van der Waals surface area contributed by atoms with Crippen molar-refractivity contribution in [1.29, 1.82) is 0 Å². The highest BCUT2D eigenvalue weighted by Gasteiger charge is 2.44. The second kappa shape index (κ2) is 6.84. The lowest BCUT2D eigenvalue weighted by atomic mass is 9.91. The molecule has 0 radical (unpaired) electrons. The van der Waals surface area contributed by atoms with E-state index in [0.29, 0.717) is 43.3 Å².